The lowest BCUT2D eigenvalue weighted by Gasteiger charge is -2.38. The number of hydrogen-bond acceptors (Lipinski definition) is 4. The molecule has 156 valence electrons. The van der Waals surface area contributed by atoms with E-state index in [1.807, 2.05) is 12.1 Å². The van der Waals surface area contributed by atoms with Gasteiger partial charge in [0, 0.05) is 24.5 Å². The van der Waals surface area contributed by atoms with Crippen LogP contribution in [0.4, 0.5) is 0 Å². The minimum absolute atomic E-state index is 0.0224. The molecule has 1 heterocycles. The van der Waals surface area contributed by atoms with Gasteiger partial charge in [-0.3, -0.25) is 4.79 Å². The Labute approximate surface area is 172 Å². The highest BCUT2D eigenvalue weighted by atomic mass is 16.5. The molecule has 0 aromatic heterocycles. The molecular formula is C23H31N2O4+. The van der Waals surface area contributed by atoms with Gasteiger partial charge >= 0.3 is 0 Å². The van der Waals surface area contributed by atoms with E-state index in [1.54, 1.807) is 28.3 Å². The molecule has 2 aromatic rings. The van der Waals surface area contributed by atoms with Gasteiger partial charge in [0.1, 0.15) is 18.3 Å². The van der Waals surface area contributed by atoms with Gasteiger partial charge in [0.15, 0.2) is 11.5 Å². The number of fused-ring (bicyclic) bond motifs is 1. The maximum absolute atomic E-state index is 11.8. The molecule has 0 aliphatic carbocycles. The summed E-state index contributed by atoms with van der Waals surface area (Å²) in [5.41, 5.74) is 3.66. The number of methoxy groups -OCH3 is 3. The second kappa shape index (κ2) is 9.18. The zero-order valence-electron chi connectivity index (χ0n) is 17.9. The highest BCUT2D eigenvalue weighted by Gasteiger charge is 2.36. The molecule has 0 radical (unpaired) electrons. The Morgan fingerprint density at radius 1 is 1.14 bits per heavy atom. The summed E-state index contributed by atoms with van der Waals surface area (Å²) in [5, 5.41) is 3.10. The molecule has 0 fully saturated rings. The predicted octanol–water partition coefficient (Wildman–Crippen LogP) is 1.92. The van der Waals surface area contributed by atoms with Crippen LogP contribution < -0.4 is 24.4 Å². The summed E-state index contributed by atoms with van der Waals surface area (Å²) in [6.45, 7) is 5.45. The molecule has 0 spiro atoms. The molecule has 1 aliphatic rings. The second-order valence-electron chi connectivity index (χ2n) is 7.56. The van der Waals surface area contributed by atoms with Crippen molar-refractivity contribution in [2.24, 2.45) is 0 Å². The number of hydrogen-bond donors (Lipinski definition) is 2. The Bertz CT molecular complexity index is 868. The molecule has 0 saturated heterocycles. The molecule has 6 heteroatoms. The van der Waals surface area contributed by atoms with Gasteiger partial charge < -0.3 is 24.4 Å². The van der Waals surface area contributed by atoms with E-state index < -0.39 is 0 Å². The third kappa shape index (κ3) is 4.65. The van der Waals surface area contributed by atoms with E-state index in [9.17, 15) is 4.79 Å². The summed E-state index contributed by atoms with van der Waals surface area (Å²) in [7, 11) is 5.00. The van der Waals surface area contributed by atoms with Crippen molar-refractivity contribution in [3.8, 4) is 17.2 Å². The van der Waals surface area contributed by atoms with Gasteiger partial charge in [0.25, 0.3) is 0 Å². The van der Waals surface area contributed by atoms with Crippen LogP contribution in [0.15, 0.2) is 36.4 Å². The van der Waals surface area contributed by atoms with Crippen LogP contribution >= 0.6 is 0 Å². The van der Waals surface area contributed by atoms with Crippen molar-refractivity contribution in [1.82, 2.24) is 5.32 Å². The van der Waals surface area contributed by atoms with E-state index >= 15 is 0 Å². The number of benzene rings is 2. The van der Waals surface area contributed by atoms with Crippen molar-refractivity contribution in [3.63, 3.8) is 0 Å². The quantitative estimate of drug-likeness (QED) is 0.747. The summed E-state index contributed by atoms with van der Waals surface area (Å²) in [6.07, 6.45) is 0.943. The van der Waals surface area contributed by atoms with Crippen molar-refractivity contribution in [3.05, 3.63) is 53.1 Å². The number of quaternary nitrogens is 1. The second-order valence-corrected chi connectivity index (χ2v) is 7.56. The van der Waals surface area contributed by atoms with Gasteiger partial charge in [0.05, 0.1) is 33.9 Å². The van der Waals surface area contributed by atoms with Gasteiger partial charge in [-0.1, -0.05) is 12.1 Å². The smallest absolute Gasteiger partial charge is 0.217 e. The molecule has 1 aliphatic heterocycles. The molecule has 29 heavy (non-hydrogen) atoms. The van der Waals surface area contributed by atoms with Gasteiger partial charge in [-0.25, -0.2) is 0 Å². The highest BCUT2D eigenvalue weighted by molar-refractivity contribution is 5.73. The van der Waals surface area contributed by atoms with E-state index in [0.29, 0.717) is 5.75 Å². The van der Waals surface area contributed by atoms with Crippen LogP contribution in [-0.4, -0.2) is 39.8 Å². The monoisotopic (exact) mass is 399 g/mol. The van der Waals surface area contributed by atoms with Crippen LogP contribution in [0.25, 0.3) is 0 Å². The van der Waals surface area contributed by atoms with E-state index in [2.05, 4.69) is 36.5 Å². The zero-order chi connectivity index (χ0) is 21.0. The molecule has 3 atom stereocenters. The first-order chi connectivity index (χ1) is 14.0. The topological polar surface area (TPSA) is 61.2 Å². The molecule has 2 N–H and O–H groups in total. The fourth-order valence-electron chi connectivity index (χ4n) is 4.38. The Kier molecular flexibility index (Phi) is 6.64. The van der Waals surface area contributed by atoms with E-state index in [1.165, 1.54) is 21.6 Å². The number of rotatable bonds is 7. The van der Waals surface area contributed by atoms with E-state index in [0.717, 1.165) is 31.0 Å². The molecule has 2 aromatic carbocycles. The molecule has 0 bridgehead atoms. The van der Waals surface area contributed by atoms with Gasteiger partial charge in [-0.05, 0) is 36.8 Å². The maximum Gasteiger partial charge on any atom is 0.217 e. The SMILES string of the molecule is COc1cccc(C[NH+]2CCc3cc(OC)c(OC)cc3[C@H]2[C@@H](C)NC(C)=O)c1. The van der Waals surface area contributed by atoms with Crippen molar-refractivity contribution in [1.29, 1.82) is 0 Å². The Morgan fingerprint density at radius 3 is 2.52 bits per heavy atom. The first-order valence-corrected chi connectivity index (χ1v) is 9.96. The van der Waals surface area contributed by atoms with Crippen LogP contribution in [-0.2, 0) is 17.8 Å². The minimum atomic E-state index is -0.0229. The van der Waals surface area contributed by atoms with Gasteiger partial charge in [-0.15, -0.1) is 0 Å². The average Bonchev–Trinajstić information content (AvgIpc) is 2.72. The molecule has 0 saturated carbocycles. The normalized spacial score (nSPS) is 19.1. The van der Waals surface area contributed by atoms with Crippen LogP contribution in [0.1, 0.15) is 36.6 Å². The maximum atomic E-state index is 11.8. The number of nitrogens with one attached hydrogen (secondary N) is 2. The molecule has 1 unspecified atom stereocenters. The average molecular weight is 400 g/mol. The number of carbonyl (C=O) groups excluding carboxylic acids is 1. The lowest BCUT2D eigenvalue weighted by molar-refractivity contribution is -0.948. The summed E-state index contributed by atoms with van der Waals surface area (Å²) < 4.78 is 16.4. The summed E-state index contributed by atoms with van der Waals surface area (Å²) in [6, 6.07) is 12.4. The number of amides is 1. The lowest BCUT2D eigenvalue weighted by Crippen LogP contribution is -3.13. The predicted molar refractivity (Wildman–Crippen MR) is 112 cm³/mol. The lowest BCUT2D eigenvalue weighted by atomic mass is 9.87. The highest BCUT2D eigenvalue weighted by Crippen LogP contribution is 2.35. The summed E-state index contributed by atoms with van der Waals surface area (Å²) in [4.78, 5) is 13.2. The van der Waals surface area contributed by atoms with Crippen molar-refractivity contribution < 1.29 is 23.9 Å². The van der Waals surface area contributed by atoms with Crippen LogP contribution in [0.3, 0.4) is 0 Å². The standard InChI is InChI=1S/C23H30N2O4/c1-15(24-16(2)26)23-20-13-22(29-5)21(28-4)12-18(20)9-10-25(23)14-17-7-6-8-19(11-17)27-3/h6-8,11-13,15,23H,9-10,14H2,1-5H3,(H,24,26)/p+1/t15-,23-/m1/s1. The Hall–Kier alpha value is -2.73. The third-order valence-electron chi connectivity index (χ3n) is 5.63. The van der Waals surface area contributed by atoms with Crippen molar-refractivity contribution in [2.45, 2.75) is 38.9 Å². The number of ether oxygens (including phenoxy) is 3. The first kappa shape index (κ1) is 21.0. The number of carbonyl (C=O) groups is 1. The Morgan fingerprint density at radius 2 is 1.86 bits per heavy atom. The zero-order valence-corrected chi connectivity index (χ0v) is 17.9. The van der Waals surface area contributed by atoms with Crippen LogP contribution in [0.5, 0.6) is 17.2 Å². The summed E-state index contributed by atoms with van der Waals surface area (Å²) >= 11 is 0. The van der Waals surface area contributed by atoms with Crippen molar-refractivity contribution >= 4 is 5.91 Å². The minimum Gasteiger partial charge on any atom is -0.497 e. The molecule has 3 rings (SSSR count). The van der Waals surface area contributed by atoms with E-state index in [-0.39, 0.29) is 18.0 Å². The fraction of sp³-hybridized carbons (Fsp3) is 0.435. The summed E-state index contributed by atoms with van der Waals surface area (Å²) in [5.74, 6) is 2.30. The Balaban J connectivity index is 1.99. The third-order valence-corrected chi connectivity index (χ3v) is 5.63. The molecule has 6 nitrogen and oxygen atoms in total. The molecular weight excluding hydrogens is 368 g/mol. The van der Waals surface area contributed by atoms with Crippen molar-refractivity contribution in [2.75, 3.05) is 27.9 Å². The largest absolute Gasteiger partial charge is 0.497 e. The molecule has 1 amide bonds. The first-order valence-electron chi connectivity index (χ1n) is 9.96. The fourth-order valence-corrected chi connectivity index (χ4v) is 4.38. The van der Waals surface area contributed by atoms with E-state index in [4.69, 9.17) is 14.2 Å². The van der Waals surface area contributed by atoms with Gasteiger partial charge in [0.2, 0.25) is 5.91 Å². The van der Waals surface area contributed by atoms with Gasteiger partial charge in [-0.2, -0.15) is 0 Å². The van der Waals surface area contributed by atoms with Crippen LogP contribution in [0.2, 0.25) is 0 Å². The van der Waals surface area contributed by atoms with Crippen LogP contribution in [0, 0.1) is 0 Å².